The van der Waals surface area contributed by atoms with Crippen LogP contribution in [-0.4, -0.2) is 27.3 Å². The Hall–Kier alpha value is -2.19. The molecule has 0 atom stereocenters. The van der Waals surface area contributed by atoms with E-state index in [1.54, 1.807) is 0 Å². The third-order valence-electron chi connectivity index (χ3n) is 1.98. The van der Waals surface area contributed by atoms with Crippen molar-refractivity contribution >= 4 is 45.8 Å². The van der Waals surface area contributed by atoms with Crippen molar-refractivity contribution in [1.82, 2.24) is 10.2 Å². The van der Waals surface area contributed by atoms with E-state index >= 15 is 0 Å². The fourth-order valence-electron chi connectivity index (χ4n) is 1.27. The van der Waals surface area contributed by atoms with Crippen LogP contribution in [0.2, 0.25) is 5.02 Å². The van der Waals surface area contributed by atoms with Gasteiger partial charge in [0.15, 0.2) is 0 Å². The van der Waals surface area contributed by atoms with Crippen molar-refractivity contribution in [1.29, 1.82) is 0 Å². The van der Waals surface area contributed by atoms with Gasteiger partial charge in [0.05, 0.1) is 5.56 Å². The third kappa shape index (κ3) is 3.63. The summed E-state index contributed by atoms with van der Waals surface area (Å²) in [5, 5.41) is 21.5. The number of carbonyl (C=O) groups is 2. The largest absolute Gasteiger partial charge is 0.478 e. The van der Waals surface area contributed by atoms with E-state index in [9.17, 15) is 9.59 Å². The maximum absolute atomic E-state index is 11.6. The SMILES string of the molecule is O=C(Nc1cc(Cl)cc(C(=O)O)c1)Nc1nncs1. The third-order valence-corrected chi connectivity index (χ3v) is 2.81. The Morgan fingerprint density at radius 2 is 2.05 bits per heavy atom. The summed E-state index contributed by atoms with van der Waals surface area (Å²) in [4.78, 5) is 22.4. The number of carbonyl (C=O) groups excluding carboxylic acids is 1. The topological polar surface area (TPSA) is 104 Å². The minimum absolute atomic E-state index is 0.0151. The predicted molar refractivity (Wildman–Crippen MR) is 71.0 cm³/mol. The highest BCUT2D eigenvalue weighted by Gasteiger charge is 2.09. The van der Waals surface area contributed by atoms with Crippen molar-refractivity contribution in [2.24, 2.45) is 0 Å². The van der Waals surface area contributed by atoms with E-state index < -0.39 is 12.0 Å². The van der Waals surface area contributed by atoms with Gasteiger partial charge in [-0.1, -0.05) is 22.9 Å². The number of aromatic nitrogens is 2. The van der Waals surface area contributed by atoms with Gasteiger partial charge in [-0.15, -0.1) is 10.2 Å². The first kappa shape index (κ1) is 13.2. The number of anilines is 2. The van der Waals surface area contributed by atoms with Gasteiger partial charge in [0.25, 0.3) is 0 Å². The number of aromatic carboxylic acids is 1. The zero-order valence-electron chi connectivity index (χ0n) is 9.25. The quantitative estimate of drug-likeness (QED) is 0.807. The molecule has 0 aliphatic heterocycles. The maximum Gasteiger partial charge on any atom is 0.335 e. The number of rotatable bonds is 3. The molecule has 19 heavy (non-hydrogen) atoms. The van der Waals surface area contributed by atoms with Crippen LogP contribution in [0.25, 0.3) is 0 Å². The summed E-state index contributed by atoms with van der Waals surface area (Å²) in [7, 11) is 0. The Bertz CT molecular complexity index is 617. The summed E-state index contributed by atoms with van der Waals surface area (Å²) < 4.78 is 0. The Balaban J connectivity index is 2.10. The van der Waals surface area contributed by atoms with Crippen LogP contribution in [0, 0.1) is 0 Å². The second-order valence-corrected chi connectivity index (χ2v) is 4.63. The van der Waals surface area contributed by atoms with Crippen LogP contribution >= 0.6 is 22.9 Å². The molecule has 0 saturated heterocycles. The number of nitrogens with zero attached hydrogens (tertiary/aromatic N) is 2. The molecule has 3 N–H and O–H groups in total. The van der Waals surface area contributed by atoms with Gasteiger partial charge in [-0.05, 0) is 18.2 Å². The van der Waals surface area contributed by atoms with Crippen molar-refractivity contribution in [2.45, 2.75) is 0 Å². The number of halogens is 1. The number of nitrogens with one attached hydrogen (secondary N) is 2. The molecule has 1 aromatic carbocycles. The number of benzene rings is 1. The molecule has 0 bridgehead atoms. The van der Waals surface area contributed by atoms with Gasteiger partial charge in [0, 0.05) is 10.7 Å². The fraction of sp³-hybridized carbons (Fsp3) is 0. The lowest BCUT2D eigenvalue weighted by molar-refractivity contribution is 0.0697. The average Bonchev–Trinajstić information content (AvgIpc) is 2.80. The number of carboxylic acid groups (broad SMARTS) is 1. The number of hydrogen-bond donors (Lipinski definition) is 3. The van der Waals surface area contributed by atoms with E-state index in [0.717, 1.165) is 11.3 Å². The highest BCUT2D eigenvalue weighted by Crippen LogP contribution is 2.19. The molecule has 0 fully saturated rings. The van der Waals surface area contributed by atoms with Crippen LogP contribution in [-0.2, 0) is 0 Å². The van der Waals surface area contributed by atoms with Gasteiger partial charge in [0.1, 0.15) is 5.51 Å². The summed E-state index contributed by atoms with van der Waals surface area (Å²) in [6.45, 7) is 0. The molecule has 7 nitrogen and oxygen atoms in total. The highest BCUT2D eigenvalue weighted by atomic mass is 35.5. The minimum atomic E-state index is -1.13. The number of amides is 2. The molecule has 0 aliphatic carbocycles. The zero-order valence-corrected chi connectivity index (χ0v) is 10.8. The summed E-state index contributed by atoms with van der Waals surface area (Å²) in [5.74, 6) is -1.13. The van der Waals surface area contributed by atoms with Crippen molar-refractivity contribution < 1.29 is 14.7 Å². The van der Waals surface area contributed by atoms with Gasteiger partial charge in [0.2, 0.25) is 5.13 Å². The lowest BCUT2D eigenvalue weighted by Gasteiger charge is -2.06. The molecule has 0 saturated carbocycles. The first-order valence-electron chi connectivity index (χ1n) is 4.92. The Morgan fingerprint density at radius 3 is 2.68 bits per heavy atom. The fourth-order valence-corrected chi connectivity index (χ4v) is 1.95. The summed E-state index contributed by atoms with van der Waals surface area (Å²) in [5.41, 5.74) is 1.72. The Labute approximate surface area is 116 Å². The van der Waals surface area contributed by atoms with Crippen LogP contribution in [0.4, 0.5) is 15.6 Å². The van der Waals surface area contributed by atoms with Crippen LogP contribution in [0.3, 0.4) is 0 Å². The van der Waals surface area contributed by atoms with E-state index in [0.29, 0.717) is 5.13 Å². The van der Waals surface area contributed by atoms with E-state index in [1.807, 2.05) is 0 Å². The molecule has 2 amide bonds. The standard InChI is InChI=1S/C10H7ClN4O3S/c11-6-1-5(8(16)17)2-7(3-6)13-9(18)14-10-15-12-4-19-10/h1-4H,(H,16,17)(H2,13,14,15,18). The van der Waals surface area contributed by atoms with Crippen LogP contribution < -0.4 is 10.6 Å². The molecule has 0 spiro atoms. The van der Waals surface area contributed by atoms with Gasteiger partial charge in [-0.3, -0.25) is 5.32 Å². The first-order valence-corrected chi connectivity index (χ1v) is 6.18. The van der Waals surface area contributed by atoms with Crippen LogP contribution in [0.1, 0.15) is 10.4 Å². The maximum atomic E-state index is 11.6. The number of urea groups is 1. The molecule has 1 heterocycles. The van der Waals surface area contributed by atoms with E-state index in [-0.39, 0.29) is 16.3 Å². The van der Waals surface area contributed by atoms with Crippen molar-refractivity contribution in [2.75, 3.05) is 10.6 Å². The number of carboxylic acids is 1. The van der Waals surface area contributed by atoms with Crippen LogP contribution in [0.15, 0.2) is 23.7 Å². The summed E-state index contributed by atoms with van der Waals surface area (Å²) in [6.07, 6.45) is 0. The molecular weight excluding hydrogens is 292 g/mol. The predicted octanol–water partition coefficient (Wildman–Crippen LogP) is 2.53. The second kappa shape index (κ2) is 5.63. The Morgan fingerprint density at radius 1 is 1.26 bits per heavy atom. The molecule has 0 unspecified atom stereocenters. The Kier molecular flexibility index (Phi) is 3.93. The molecule has 2 aromatic rings. The molecule has 1 aromatic heterocycles. The van der Waals surface area contributed by atoms with E-state index in [2.05, 4.69) is 20.8 Å². The second-order valence-electron chi connectivity index (χ2n) is 3.36. The van der Waals surface area contributed by atoms with Gasteiger partial charge in [-0.25, -0.2) is 9.59 Å². The van der Waals surface area contributed by atoms with Crippen molar-refractivity contribution in [3.63, 3.8) is 0 Å². The van der Waals surface area contributed by atoms with Gasteiger partial charge >= 0.3 is 12.0 Å². The first-order chi connectivity index (χ1) is 9.04. The van der Waals surface area contributed by atoms with Crippen molar-refractivity contribution in [3.8, 4) is 0 Å². The molecule has 0 aliphatic rings. The zero-order chi connectivity index (χ0) is 13.8. The lowest BCUT2D eigenvalue weighted by Crippen LogP contribution is -2.19. The molecular formula is C10H7ClN4O3S. The monoisotopic (exact) mass is 298 g/mol. The normalized spacial score (nSPS) is 9.95. The summed E-state index contributed by atoms with van der Waals surface area (Å²) in [6, 6.07) is 3.47. The molecule has 9 heteroatoms. The minimum Gasteiger partial charge on any atom is -0.478 e. The highest BCUT2D eigenvalue weighted by molar-refractivity contribution is 7.13. The number of hydrogen-bond acceptors (Lipinski definition) is 5. The smallest absolute Gasteiger partial charge is 0.335 e. The van der Waals surface area contributed by atoms with E-state index in [4.69, 9.17) is 16.7 Å². The van der Waals surface area contributed by atoms with Gasteiger partial charge < -0.3 is 10.4 Å². The molecule has 2 rings (SSSR count). The van der Waals surface area contributed by atoms with Crippen molar-refractivity contribution in [3.05, 3.63) is 34.3 Å². The lowest BCUT2D eigenvalue weighted by atomic mass is 10.2. The van der Waals surface area contributed by atoms with Gasteiger partial charge in [-0.2, -0.15) is 0 Å². The average molecular weight is 299 g/mol. The molecule has 0 radical (unpaired) electrons. The van der Waals surface area contributed by atoms with E-state index in [1.165, 1.54) is 23.7 Å². The molecule has 98 valence electrons. The van der Waals surface area contributed by atoms with Crippen LogP contribution in [0.5, 0.6) is 0 Å². The summed E-state index contributed by atoms with van der Waals surface area (Å²) >= 11 is 6.92.